The van der Waals surface area contributed by atoms with Crippen molar-refractivity contribution in [3.8, 4) is 0 Å². The summed E-state index contributed by atoms with van der Waals surface area (Å²) in [5.41, 5.74) is 3.12. The third-order valence-electron chi connectivity index (χ3n) is 4.56. The topological polar surface area (TPSA) is 9.23 Å². The quantitative estimate of drug-likeness (QED) is 0.496. The molecule has 0 bridgehead atoms. The zero-order valence-corrected chi connectivity index (χ0v) is 15.9. The first-order chi connectivity index (χ1) is 10.9. The second kappa shape index (κ2) is 6.43. The zero-order chi connectivity index (χ0) is 16.5. The van der Waals surface area contributed by atoms with Gasteiger partial charge in [0.15, 0.2) is 0 Å². The van der Waals surface area contributed by atoms with Crippen LogP contribution in [0.1, 0.15) is 55.8 Å². The van der Waals surface area contributed by atoms with Gasteiger partial charge in [0.1, 0.15) is 0 Å². The van der Waals surface area contributed by atoms with E-state index in [2.05, 4.69) is 81.4 Å². The molecule has 0 saturated carbocycles. The maximum atomic E-state index is 7.37. The Morgan fingerprint density at radius 2 is 1.22 bits per heavy atom. The molecule has 1 heterocycles. The van der Waals surface area contributed by atoms with Crippen LogP contribution in [-0.4, -0.2) is 13.2 Å². The molecule has 2 aromatic rings. The van der Waals surface area contributed by atoms with E-state index in [9.17, 15) is 0 Å². The van der Waals surface area contributed by atoms with Crippen molar-refractivity contribution < 1.29 is 4.43 Å². The van der Waals surface area contributed by atoms with Crippen molar-refractivity contribution in [1.29, 1.82) is 0 Å². The molecule has 1 aliphatic rings. The number of benzene rings is 2. The maximum Gasteiger partial charge on any atom is 0.305 e. The Bertz CT molecular complexity index is 588. The van der Waals surface area contributed by atoms with Gasteiger partial charge in [0.25, 0.3) is 0 Å². The standard InChI is InChI=1S/C20H25ClOSi/c1-20(2,3)22-23(21)18(16-10-6-4-7-11-16)14-15-19(23)17-12-8-5-9-13-17/h4-13,18-19H,14-15H2,1-3H3/t18-,19-/m1/s1. The molecule has 0 aliphatic carbocycles. The summed E-state index contributed by atoms with van der Waals surface area (Å²) in [7, 11) is -2.49. The van der Waals surface area contributed by atoms with E-state index in [-0.39, 0.29) is 5.60 Å². The van der Waals surface area contributed by atoms with Crippen LogP contribution in [-0.2, 0) is 4.43 Å². The van der Waals surface area contributed by atoms with Gasteiger partial charge in [-0.15, -0.1) is 11.1 Å². The SMILES string of the molecule is CC(C)(C)O[Si]1(Cl)[C@@H](c2ccccc2)CC[C@@H]1c1ccccc1. The Hall–Kier alpha value is -1.09. The molecule has 2 aromatic carbocycles. The lowest BCUT2D eigenvalue weighted by atomic mass is 10.0. The summed E-state index contributed by atoms with van der Waals surface area (Å²) in [5.74, 6) is 0. The van der Waals surface area contributed by atoms with Gasteiger partial charge in [0, 0.05) is 16.7 Å². The van der Waals surface area contributed by atoms with E-state index in [1.54, 1.807) is 0 Å². The van der Waals surface area contributed by atoms with Crippen LogP contribution in [0.25, 0.3) is 0 Å². The first-order valence-electron chi connectivity index (χ1n) is 8.39. The van der Waals surface area contributed by atoms with Gasteiger partial charge in [-0.25, -0.2) is 0 Å². The van der Waals surface area contributed by atoms with Crippen molar-refractivity contribution in [2.75, 3.05) is 0 Å². The van der Waals surface area contributed by atoms with Crippen molar-refractivity contribution in [1.82, 2.24) is 0 Å². The summed E-state index contributed by atoms with van der Waals surface area (Å²) >= 11 is 7.37. The molecule has 1 fully saturated rings. The molecular weight excluding hydrogens is 320 g/mol. The molecule has 0 amide bonds. The van der Waals surface area contributed by atoms with Crippen molar-refractivity contribution in [3.05, 3.63) is 71.8 Å². The van der Waals surface area contributed by atoms with Gasteiger partial charge < -0.3 is 4.43 Å². The molecule has 0 N–H and O–H groups in total. The van der Waals surface area contributed by atoms with Gasteiger partial charge in [-0.1, -0.05) is 60.7 Å². The number of hydrogen-bond acceptors (Lipinski definition) is 1. The smallest absolute Gasteiger partial charge is 0.305 e. The molecule has 0 aromatic heterocycles. The van der Waals surface area contributed by atoms with Gasteiger partial charge in [0.05, 0.1) is 0 Å². The highest BCUT2D eigenvalue weighted by Crippen LogP contribution is 2.53. The summed E-state index contributed by atoms with van der Waals surface area (Å²) in [6, 6.07) is 21.4. The highest BCUT2D eigenvalue weighted by molar-refractivity contribution is 7.18. The van der Waals surface area contributed by atoms with Gasteiger partial charge in [-0.3, -0.25) is 0 Å². The Morgan fingerprint density at radius 3 is 1.57 bits per heavy atom. The highest BCUT2D eigenvalue weighted by atomic mass is 35.6. The van der Waals surface area contributed by atoms with Gasteiger partial charge in [-0.05, 0) is 44.7 Å². The van der Waals surface area contributed by atoms with Crippen molar-refractivity contribution >= 4 is 18.7 Å². The average Bonchev–Trinajstić information content (AvgIpc) is 2.83. The minimum absolute atomic E-state index is 0.224. The summed E-state index contributed by atoms with van der Waals surface area (Å²) in [6.07, 6.45) is 2.21. The fourth-order valence-electron chi connectivity index (χ4n) is 3.74. The molecule has 122 valence electrons. The second-order valence-electron chi connectivity index (χ2n) is 7.42. The number of rotatable bonds is 3. The molecule has 23 heavy (non-hydrogen) atoms. The van der Waals surface area contributed by atoms with E-state index < -0.39 is 7.63 Å². The van der Waals surface area contributed by atoms with E-state index in [0.29, 0.717) is 11.1 Å². The Morgan fingerprint density at radius 1 is 0.826 bits per heavy atom. The van der Waals surface area contributed by atoms with Crippen LogP contribution in [0.5, 0.6) is 0 Å². The molecule has 1 nitrogen and oxygen atoms in total. The lowest BCUT2D eigenvalue weighted by Gasteiger charge is -2.38. The second-order valence-corrected chi connectivity index (χ2v) is 12.2. The van der Waals surface area contributed by atoms with Crippen molar-refractivity contribution in [2.24, 2.45) is 0 Å². The Labute approximate surface area is 145 Å². The van der Waals surface area contributed by atoms with Gasteiger partial charge in [-0.2, -0.15) is 0 Å². The first kappa shape index (κ1) is 16.8. The summed E-state index contributed by atoms with van der Waals surface area (Å²) in [6.45, 7) is 6.35. The maximum absolute atomic E-state index is 7.37. The largest absolute Gasteiger partial charge is 0.397 e. The minimum atomic E-state index is -2.49. The molecule has 3 rings (SSSR count). The lowest BCUT2D eigenvalue weighted by Crippen LogP contribution is -2.47. The summed E-state index contributed by atoms with van der Waals surface area (Å²) < 4.78 is 6.62. The molecule has 0 radical (unpaired) electrons. The normalized spacial score (nSPS) is 23.8. The lowest BCUT2D eigenvalue weighted by molar-refractivity contribution is 0.120. The predicted molar refractivity (Wildman–Crippen MR) is 100 cm³/mol. The first-order valence-corrected chi connectivity index (χ1v) is 11.5. The van der Waals surface area contributed by atoms with Crippen LogP contribution in [0.4, 0.5) is 0 Å². The fourth-order valence-corrected chi connectivity index (χ4v) is 9.97. The molecule has 0 unspecified atom stereocenters. The predicted octanol–water partition coefficient (Wildman–Crippen LogP) is 5.92. The minimum Gasteiger partial charge on any atom is -0.397 e. The van der Waals surface area contributed by atoms with Gasteiger partial charge in [0.2, 0.25) is 0 Å². The third-order valence-corrected chi connectivity index (χ3v) is 10.4. The van der Waals surface area contributed by atoms with E-state index in [1.165, 1.54) is 11.1 Å². The average molecular weight is 345 g/mol. The Kier molecular flexibility index (Phi) is 4.68. The Balaban J connectivity index is 2.02. The van der Waals surface area contributed by atoms with Gasteiger partial charge >= 0.3 is 7.63 Å². The molecule has 0 spiro atoms. The number of hydrogen-bond donors (Lipinski definition) is 0. The van der Waals surface area contributed by atoms with E-state index in [4.69, 9.17) is 15.5 Å². The highest BCUT2D eigenvalue weighted by Gasteiger charge is 2.56. The van der Waals surface area contributed by atoms with Crippen LogP contribution in [0, 0.1) is 0 Å². The summed E-state index contributed by atoms with van der Waals surface area (Å²) in [5, 5.41) is 0. The van der Waals surface area contributed by atoms with E-state index >= 15 is 0 Å². The molecule has 3 heteroatoms. The number of halogens is 1. The molecular formula is C20H25ClOSi. The molecule has 1 saturated heterocycles. The van der Waals surface area contributed by atoms with Crippen LogP contribution in [0.3, 0.4) is 0 Å². The van der Waals surface area contributed by atoms with Crippen molar-refractivity contribution in [3.63, 3.8) is 0 Å². The molecule has 1 aliphatic heterocycles. The zero-order valence-electron chi connectivity index (χ0n) is 14.1. The fraction of sp³-hybridized carbons (Fsp3) is 0.400. The van der Waals surface area contributed by atoms with Crippen LogP contribution in [0.2, 0.25) is 0 Å². The monoisotopic (exact) mass is 344 g/mol. The molecule has 2 atom stereocenters. The summed E-state index contributed by atoms with van der Waals surface area (Å²) in [4.78, 5) is 0. The van der Waals surface area contributed by atoms with Crippen LogP contribution < -0.4 is 0 Å². The van der Waals surface area contributed by atoms with Crippen LogP contribution >= 0.6 is 11.1 Å². The van der Waals surface area contributed by atoms with E-state index in [0.717, 1.165) is 12.8 Å². The third kappa shape index (κ3) is 3.55. The van der Waals surface area contributed by atoms with Crippen molar-refractivity contribution in [2.45, 2.75) is 50.3 Å². The van der Waals surface area contributed by atoms with E-state index in [1.807, 2.05) is 0 Å². The van der Waals surface area contributed by atoms with Crippen LogP contribution in [0.15, 0.2) is 60.7 Å².